The summed E-state index contributed by atoms with van der Waals surface area (Å²) in [5.74, 6) is 0. The highest BCUT2D eigenvalue weighted by Crippen LogP contribution is 2.33. The Bertz CT molecular complexity index is 339. The molecule has 2 heteroatoms. The van der Waals surface area contributed by atoms with Crippen molar-refractivity contribution in [2.45, 2.75) is 18.9 Å². The number of hydrogen-bond acceptors (Lipinski definition) is 2. The normalized spacial score (nSPS) is 19.8. The highest BCUT2D eigenvalue weighted by atomic mass is 32.1. The highest BCUT2D eigenvalue weighted by molar-refractivity contribution is 7.78. The van der Waals surface area contributed by atoms with Gasteiger partial charge in [-0.25, -0.2) is 4.99 Å². The van der Waals surface area contributed by atoms with Gasteiger partial charge in [0.1, 0.15) is 0 Å². The van der Waals surface area contributed by atoms with E-state index in [2.05, 4.69) is 46.6 Å². The van der Waals surface area contributed by atoms with Crippen molar-refractivity contribution < 1.29 is 0 Å². The number of thiocarbonyl (C=S) groups is 1. The number of benzene rings is 1. The summed E-state index contributed by atoms with van der Waals surface area (Å²) in [6, 6.07) is 8.69. The van der Waals surface area contributed by atoms with E-state index in [1.807, 2.05) is 0 Å². The molecular weight excluding hydrogens is 166 g/mol. The Hall–Kier alpha value is -0.980. The molecule has 0 saturated carbocycles. The zero-order valence-corrected chi connectivity index (χ0v) is 7.47. The van der Waals surface area contributed by atoms with Gasteiger partial charge in [-0.2, -0.15) is 0 Å². The first-order valence-corrected chi connectivity index (χ1v) is 4.47. The molecule has 1 aliphatic carbocycles. The maximum Gasteiger partial charge on any atom is 0.0858 e. The lowest BCUT2D eigenvalue weighted by Crippen LogP contribution is -1.86. The Labute approximate surface area is 77.1 Å². The van der Waals surface area contributed by atoms with Gasteiger partial charge in [0.05, 0.1) is 11.2 Å². The molecule has 0 aromatic heterocycles. The molecular formula is C10H9NS. The molecule has 1 aliphatic rings. The average Bonchev–Trinajstić information content (AvgIpc) is 2.50. The van der Waals surface area contributed by atoms with E-state index in [0.717, 1.165) is 12.8 Å². The molecule has 0 radical (unpaired) electrons. The minimum absolute atomic E-state index is 0.277. The number of hydrogen-bond donors (Lipinski definition) is 0. The molecule has 1 aromatic rings. The Balaban J connectivity index is 2.42. The van der Waals surface area contributed by atoms with Crippen LogP contribution in [0.3, 0.4) is 0 Å². The third kappa shape index (κ3) is 1.20. The van der Waals surface area contributed by atoms with Crippen LogP contribution in [0.25, 0.3) is 0 Å². The maximum absolute atomic E-state index is 4.60. The molecule has 0 amide bonds. The van der Waals surface area contributed by atoms with Crippen LogP contribution in [0.4, 0.5) is 0 Å². The van der Waals surface area contributed by atoms with Gasteiger partial charge in [0, 0.05) is 0 Å². The van der Waals surface area contributed by atoms with Gasteiger partial charge in [-0.1, -0.05) is 24.3 Å². The molecule has 0 spiro atoms. The smallest absolute Gasteiger partial charge is 0.0858 e. The van der Waals surface area contributed by atoms with Gasteiger partial charge < -0.3 is 0 Å². The van der Waals surface area contributed by atoms with Crippen LogP contribution in [0.2, 0.25) is 0 Å². The number of aryl methyl sites for hydroxylation is 1. The summed E-state index contributed by atoms with van der Waals surface area (Å²) in [5.41, 5.74) is 2.74. The summed E-state index contributed by atoms with van der Waals surface area (Å²) < 4.78 is 0. The van der Waals surface area contributed by atoms with Crippen molar-refractivity contribution in [1.82, 2.24) is 0 Å². The molecule has 1 atom stereocenters. The molecule has 0 N–H and O–H groups in total. The molecule has 0 fully saturated rings. The van der Waals surface area contributed by atoms with Crippen LogP contribution >= 0.6 is 12.2 Å². The summed E-state index contributed by atoms with van der Waals surface area (Å²) in [6.45, 7) is 0. The van der Waals surface area contributed by atoms with E-state index in [1.165, 1.54) is 11.1 Å². The zero-order chi connectivity index (χ0) is 8.39. The number of rotatable bonds is 1. The van der Waals surface area contributed by atoms with Gasteiger partial charge in [0.15, 0.2) is 0 Å². The van der Waals surface area contributed by atoms with Crippen LogP contribution in [0, 0.1) is 0 Å². The van der Waals surface area contributed by atoms with Gasteiger partial charge in [0.2, 0.25) is 0 Å². The van der Waals surface area contributed by atoms with Crippen LogP contribution in [-0.4, -0.2) is 5.16 Å². The van der Waals surface area contributed by atoms with Crippen LogP contribution in [0.5, 0.6) is 0 Å². The molecule has 1 aromatic carbocycles. The van der Waals surface area contributed by atoms with E-state index in [9.17, 15) is 0 Å². The minimum Gasteiger partial charge on any atom is -0.224 e. The molecule has 0 saturated heterocycles. The lowest BCUT2D eigenvalue weighted by Gasteiger charge is -2.01. The maximum atomic E-state index is 4.60. The second-order valence-electron chi connectivity index (χ2n) is 2.97. The fourth-order valence-electron chi connectivity index (χ4n) is 1.73. The standard InChI is InChI=1S/C10H9NS/c12-7-11-10-6-5-8-3-1-2-4-9(8)10/h1-4,10H,5-6H2/t10-/m0/s1. The monoisotopic (exact) mass is 175 g/mol. The van der Waals surface area contributed by atoms with Gasteiger partial charge in [-0.15, -0.1) is 0 Å². The second kappa shape index (κ2) is 3.18. The molecule has 1 nitrogen and oxygen atoms in total. The molecule has 12 heavy (non-hydrogen) atoms. The van der Waals surface area contributed by atoms with E-state index in [0.29, 0.717) is 0 Å². The fraction of sp³-hybridized carbons (Fsp3) is 0.300. The van der Waals surface area contributed by atoms with Crippen molar-refractivity contribution in [1.29, 1.82) is 0 Å². The highest BCUT2D eigenvalue weighted by Gasteiger charge is 2.20. The molecule has 0 bridgehead atoms. The Morgan fingerprint density at radius 2 is 2.25 bits per heavy atom. The SMILES string of the molecule is S=C=N[C@H]1CCc2ccccc21. The second-order valence-corrected chi connectivity index (χ2v) is 3.16. The lowest BCUT2D eigenvalue weighted by atomic mass is 10.1. The van der Waals surface area contributed by atoms with Gasteiger partial charge in [-0.3, -0.25) is 0 Å². The van der Waals surface area contributed by atoms with Gasteiger partial charge >= 0.3 is 0 Å². The summed E-state index contributed by atoms with van der Waals surface area (Å²) in [7, 11) is 0. The minimum atomic E-state index is 0.277. The van der Waals surface area contributed by atoms with E-state index in [1.54, 1.807) is 0 Å². The van der Waals surface area contributed by atoms with Crippen molar-refractivity contribution in [2.24, 2.45) is 4.99 Å². The summed E-state index contributed by atoms with van der Waals surface area (Å²) in [5, 5.41) is 2.46. The third-order valence-corrected chi connectivity index (χ3v) is 2.42. The first-order chi connectivity index (χ1) is 5.92. The van der Waals surface area contributed by atoms with Crippen LogP contribution in [-0.2, 0) is 6.42 Å². The zero-order valence-electron chi connectivity index (χ0n) is 6.66. The van der Waals surface area contributed by atoms with Crippen LogP contribution in [0.1, 0.15) is 23.6 Å². The Morgan fingerprint density at radius 1 is 1.42 bits per heavy atom. The molecule has 0 unspecified atom stereocenters. The average molecular weight is 175 g/mol. The van der Waals surface area contributed by atoms with Crippen molar-refractivity contribution in [3.8, 4) is 0 Å². The van der Waals surface area contributed by atoms with E-state index in [4.69, 9.17) is 0 Å². The van der Waals surface area contributed by atoms with Crippen molar-refractivity contribution in [2.75, 3.05) is 0 Å². The number of nitrogens with zero attached hydrogens (tertiary/aromatic N) is 1. The van der Waals surface area contributed by atoms with Crippen molar-refractivity contribution >= 4 is 17.4 Å². The molecule has 0 heterocycles. The van der Waals surface area contributed by atoms with Crippen molar-refractivity contribution in [3.63, 3.8) is 0 Å². The van der Waals surface area contributed by atoms with Gasteiger partial charge in [0.25, 0.3) is 0 Å². The first kappa shape index (κ1) is 7.66. The van der Waals surface area contributed by atoms with Crippen molar-refractivity contribution in [3.05, 3.63) is 35.4 Å². The number of fused-ring (bicyclic) bond motifs is 1. The van der Waals surface area contributed by atoms with Crippen LogP contribution < -0.4 is 0 Å². The van der Waals surface area contributed by atoms with Crippen LogP contribution in [0.15, 0.2) is 29.3 Å². The van der Waals surface area contributed by atoms with E-state index in [-0.39, 0.29) is 6.04 Å². The molecule has 60 valence electrons. The number of aliphatic imine (C=N–C) groups is 1. The van der Waals surface area contributed by atoms with Gasteiger partial charge in [-0.05, 0) is 36.2 Å². The first-order valence-electron chi connectivity index (χ1n) is 4.06. The third-order valence-electron chi connectivity index (χ3n) is 2.31. The predicted octanol–water partition coefficient (Wildman–Crippen LogP) is 2.78. The Kier molecular flexibility index (Phi) is 2.03. The largest absolute Gasteiger partial charge is 0.224 e. The topological polar surface area (TPSA) is 12.4 Å². The predicted molar refractivity (Wildman–Crippen MR) is 52.5 cm³/mol. The summed E-state index contributed by atoms with van der Waals surface area (Å²) in [4.78, 5) is 4.13. The molecule has 2 rings (SSSR count). The summed E-state index contributed by atoms with van der Waals surface area (Å²) in [6.07, 6.45) is 2.21. The quantitative estimate of drug-likeness (QED) is 0.472. The summed E-state index contributed by atoms with van der Waals surface area (Å²) >= 11 is 4.60. The lowest BCUT2D eigenvalue weighted by molar-refractivity contribution is 0.721. The fourth-order valence-corrected chi connectivity index (χ4v) is 1.86. The number of isothiocyanates is 1. The van der Waals surface area contributed by atoms with E-state index < -0.39 is 0 Å². The Morgan fingerprint density at radius 3 is 3.08 bits per heavy atom. The van der Waals surface area contributed by atoms with E-state index >= 15 is 0 Å². The molecule has 0 aliphatic heterocycles.